The molecule has 1 heterocycles. The Kier molecular flexibility index (Phi) is 6.26. The zero-order chi connectivity index (χ0) is 11.1. The molecule has 2 heteroatoms. The predicted octanol–water partition coefficient (Wildman–Crippen LogP) is 2.77. The highest BCUT2D eigenvalue weighted by molar-refractivity contribution is 4.82. The van der Waals surface area contributed by atoms with Crippen molar-refractivity contribution in [3.05, 3.63) is 0 Å². The molecule has 90 valence electrons. The molecule has 2 unspecified atom stereocenters. The van der Waals surface area contributed by atoms with Gasteiger partial charge in [-0.3, -0.25) is 4.90 Å². The molecule has 1 aliphatic heterocycles. The average Bonchev–Trinajstić information content (AvgIpc) is 2.65. The quantitative estimate of drug-likeness (QED) is 0.658. The second-order valence-corrected chi connectivity index (χ2v) is 4.97. The van der Waals surface area contributed by atoms with Crippen LogP contribution in [0.3, 0.4) is 0 Å². The van der Waals surface area contributed by atoms with Crippen LogP contribution < -0.4 is 5.73 Å². The Morgan fingerprint density at radius 2 is 2.13 bits per heavy atom. The zero-order valence-electron chi connectivity index (χ0n) is 10.5. The van der Waals surface area contributed by atoms with Gasteiger partial charge in [0.2, 0.25) is 0 Å². The fourth-order valence-electron chi connectivity index (χ4n) is 2.72. The van der Waals surface area contributed by atoms with Gasteiger partial charge < -0.3 is 5.73 Å². The summed E-state index contributed by atoms with van der Waals surface area (Å²) in [5.41, 5.74) is 5.89. The summed E-state index contributed by atoms with van der Waals surface area (Å²) >= 11 is 0. The van der Waals surface area contributed by atoms with E-state index in [0.717, 1.165) is 12.6 Å². The lowest BCUT2D eigenvalue weighted by Gasteiger charge is -2.30. The number of nitrogens with two attached hydrogens (primary N) is 1. The SMILES string of the molecule is CCCCCCC(CN)N1CCCC1C. The van der Waals surface area contributed by atoms with Crippen LogP contribution in [0, 0.1) is 0 Å². The Hall–Kier alpha value is -0.0800. The summed E-state index contributed by atoms with van der Waals surface area (Å²) < 4.78 is 0. The van der Waals surface area contributed by atoms with Crippen LogP contribution in [0.5, 0.6) is 0 Å². The number of rotatable bonds is 7. The van der Waals surface area contributed by atoms with Crippen molar-refractivity contribution < 1.29 is 0 Å². The van der Waals surface area contributed by atoms with E-state index in [1.165, 1.54) is 51.5 Å². The van der Waals surface area contributed by atoms with E-state index in [0.29, 0.717) is 6.04 Å². The van der Waals surface area contributed by atoms with E-state index >= 15 is 0 Å². The first-order valence-corrected chi connectivity index (χ1v) is 6.75. The van der Waals surface area contributed by atoms with E-state index in [4.69, 9.17) is 5.73 Å². The molecule has 1 rings (SSSR count). The van der Waals surface area contributed by atoms with E-state index in [9.17, 15) is 0 Å². The molecule has 0 aromatic carbocycles. The van der Waals surface area contributed by atoms with E-state index in [-0.39, 0.29) is 0 Å². The van der Waals surface area contributed by atoms with Gasteiger partial charge in [0.05, 0.1) is 0 Å². The molecule has 0 saturated carbocycles. The number of likely N-dealkylation sites (tertiary alicyclic amines) is 1. The molecule has 0 bridgehead atoms. The first kappa shape index (κ1) is 13.0. The van der Waals surface area contributed by atoms with Gasteiger partial charge in [-0.15, -0.1) is 0 Å². The van der Waals surface area contributed by atoms with Crippen LogP contribution in [0.15, 0.2) is 0 Å². The highest BCUT2D eigenvalue weighted by atomic mass is 15.2. The van der Waals surface area contributed by atoms with Gasteiger partial charge in [-0.1, -0.05) is 32.6 Å². The van der Waals surface area contributed by atoms with Crippen molar-refractivity contribution in [1.82, 2.24) is 4.90 Å². The first-order chi connectivity index (χ1) is 7.29. The van der Waals surface area contributed by atoms with Gasteiger partial charge in [-0.25, -0.2) is 0 Å². The van der Waals surface area contributed by atoms with E-state index in [1.54, 1.807) is 0 Å². The van der Waals surface area contributed by atoms with E-state index in [2.05, 4.69) is 18.7 Å². The maximum absolute atomic E-state index is 5.89. The Labute approximate surface area is 95.2 Å². The van der Waals surface area contributed by atoms with Crippen LogP contribution in [0.4, 0.5) is 0 Å². The summed E-state index contributed by atoms with van der Waals surface area (Å²) in [6.07, 6.45) is 9.49. The van der Waals surface area contributed by atoms with Crippen molar-refractivity contribution in [3.8, 4) is 0 Å². The van der Waals surface area contributed by atoms with Crippen LogP contribution in [0.1, 0.15) is 58.8 Å². The molecular weight excluding hydrogens is 184 g/mol. The zero-order valence-corrected chi connectivity index (χ0v) is 10.5. The summed E-state index contributed by atoms with van der Waals surface area (Å²) in [5, 5.41) is 0. The van der Waals surface area contributed by atoms with E-state index < -0.39 is 0 Å². The summed E-state index contributed by atoms with van der Waals surface area (Å²) in [6, 6.07) is 1.42. The van der Waals surface area contributed by atoms with Gasteiger partial charge in [0, 0.05) is 18.6 Å². The Morgan fingerprint density at radius 3 is 2.67 bits per heavy atom. The molecule has 0 radical (unpaired) electrons. The fraction of sp³-hybridized carbons (Fsp3) is 1.00. The minimum atomic E-state index is 0.652. The van der Waals surface area contributed by atoms with Crippen molar-refractivity contribution >= 4 is 0 Å². The molecule has 0 amide bonds. The summed E-state index contributed by atoms with van der Waals surface area (Å²) in [7, 11) is 0. The minimum absolute atomic E-state index is 0.652. The number of unbranched alkanes of at least 4 members (excludes halogenated alkanes) is 3. The minimum Gasteiger partial charge on any atom is -0.329 e. The van der Waals surface area contributed by atoms with Gasteiger partial charge in [0.1, 0.15) is 0 Å². The molecule has 1 fully saturated rings. The van der Waals surface area contributed by atoms with Crippen LogP contribution >= 0.6 is 0 Å². The van der Waals surface area contributed by atoms with Crippen LogP contribution in [-0.4, -0.2) is 30.1 Å². The molecule has 2 nitrogen and oxygen atoms in total. The maximum atomic E-state index is 5.89. The summed E-state index contributed by atoms with van der Waals surface area (Å²) in [4.78, 5) is 2.63. The third-order valence-electron chi connectivity index (χ3n) is 3.74. The third kappa shape index (κ3) is 4.12. The van der Waals surface area contributed by atoms with Crippen molar-refractivity contribution in [1.29, 1.82) is 0 Å². The lowest BCUT2D eigenvalue weighted by molar-refractivity contribution is 0.181. The normalized spacial score (nSPS) is 24.6. The van der Waals surface area contributed by atoms with Gasteiger partial charge in [0.15, 0.2) is 0 Å². The highest BCUT2D eigenvalue weighted by Crippen LogP contribution is 2.22. The Balaban J connectivity index is 2.22. The molecule has 1 aliphatic rings. The molecule has 0 spiro atoms. The molecule has 2 atom stereocenters. The number of nitrogens with zero attached hydrogens (tertiary/aromatic N) is 1. The molecule has 2 N–H and O–H groups in total. The second-order valence-electron chi connectivity index (χ2n) is 4.97. The first-order valence-electron chi connectivity index (χ1n) is 6.75. The molecule has 0 aromatic heterocycles. The molecular formula is C13H28N2. The fourth-order valence-corrected chi connectivity index (χ4v) is 2.72. The van der Waals surface area contributed by atoms with Crippen LogP contribution in [-0.2, 0) is 0 Å². The van der Waals surface area contributed by atoms with Gasteiger partial charge in [-0.2, -0.15) is 0 Å². The van der Waals surface area contributed by atoms with Gasteiger partial charge in [-0.05, 0) is 32.7 Å². The van der Waals surface area contributed by atoms with Crippen molar-refractivity contribution in [2.24, 2.45) is 5.73 Å². The second kappa shape index (κ2) is 7.24. The Bertz CT molecular complexity index is 159. The van der Waals surface area contributed by atoms with E-state index in [1.807, 2.05) is 0 Å². The average molecular weight is 212 g/mol. The summed E-state index contributed by atoms with van der Waals surface area (Å²) in [6.45, 7) is 6.73. The van der Waals surface area contributed by atoms with Gasteiger partial charge in [0.25, 0.3) is 0 Å². The monoisotopic (exact) mass is 212 g/mol. The standard InChI is InChI=1S/C13H28N2/c1-3-4-5-6-9-13(11-14)15-10-7-8-12(15)2/h12-13H,3-11,14H2,1-2H3. The Morgan fingerprint density at radius 1 is 1.33 bits per heavy atom. The topological polar surface area (TPSA) is 29.3 Å². The van der Waals surface area contributed by atoms with Gasteiger partial charge >= 0.3 is 0 Å². The molecule has 15 heavy (non-hydrogen) atoms. The van der Waals surface area contributed by atoms with Crippen LogP contribution in [0.2, 0.25) is 0 Å². The largest absolute Gasteiger partial charge is 0.329 e. The molecule has 1 saturated heterocycles. The van der Waals surface area contributed by atoms with Crippen molar-refractivity contribution in [2.45, 2.75) is 70.9 Å². The van der Waals surface area contributed by atoms with Crippen molar-refractivity contribution in [3.63, 3.8) is 0 Å². The maximum Gasteiger partial charge on any atom is 0.0221 e. The smallest absolute Gasteiger partial charge is 0.0221 e. The third-order valence-corrected chi connectivity index (χ3v) is 3.74. The number of hydrogen-bond donors (Lipinski definition) is 1. The van der Waals surface area contributed by atoms with Crippen LogP contribution in [0.25, 0.3) is 0 Å². The number of hydrogen-bond acceptors (Lipinski definition) is 2. The summed E-state index contributed by atoms with van der Waals surface area (Å²) in [5.74, 6) is 0. The lowest BCUT2D eigenvalue weighted by Crippen LogP contribution is -2.42. The molecule has 0 aliphatic carbocycles. The lowest BCUT2D eigenvalue weighted by atomic mass is 10.1. The highest BCUT2D eigenvalue weighted by Gasteiger charge is 2.26. The molecule has 0 aromatic rings. The van der Waals surface area contributed by atoms with Crippen molar-refractivity contribution in [2.75, 3.05) is 13.1 Å². The predicted molar refractivity (Wildman–Crippen MR) is 67.0 cm³/mol.